The van der Waals surface area contributed by atoms with Gasteiger partial charge in [0.1, 0.15) is 6.04 Å². The summed E-state index contributed by atoms with van der Waals surface area (Å²) in [6.45, 7) is 0. The van der Waals surface area contributed by atoms with Crippen LogP contribution in [0.1, 0.15) is 11.6 Å². The minimum Gasteiger partial charge on any atom is -0.335 e. The molecule has 3 nitrogen and oxygen atoms in total. The normalized spacial score (nSPS) is 26.2. The second kappa shape index (κ2) is 3.26. The number of nitrogens with two attached hydrogens (primary N) is 1. The van der Waals surface area contributed by atoms with Crippen LogP contribution in [0.15, 0.2) is 24.3 Å². The molecule has 2 rings (SSSR count). The van der Waals surface area contributed by atoms with E-state index in [1.54, 1.807) is 24.1 Å². The van der Waals surface area contributed by atoms with E-state index in [4.69, 9.17) is 17.3 Å². The summed E-state index contributed by atoms with van der Waals surface area (Å²) < 4.78 is 0. The molecular formula is C10H11ClN2O. The van der Waals surface area contributed by atoms with Crippen LogP contribution in [0.4, 0.5) is 0 Å². The maximum atomic E-state index is 11.2. The van der Waals surface area contributed by atoms with E-state index in [1.807, 2.05) is 12.1 Å². The van der Waals surface area contributed by atoms with Gasteiger partial charge in [-0.15, -0.1) is 0 Å². The smallest absolute Gasteiger partial charge is 0.242 e. The molecule has 1 aromatic rings. The van der Waals surface area contributed by atoms with Gasteiger partial charge in [-0.3, -0.25) is 4.79 Å². The molecule has 1 aromatic carbocycles. The summed E-state index contributed by atoms with van der Waals surface area (Å²) >= 11 is 5.77. The number of halogens is 1. The first-order chi connectivity index (χ1) is 6.61. The average molecular weight is 211 g/mol. The Hall–Kier alpha value is -1.06. The van der Waals surface area contributed by atoms with Gasteiger partial charge in [-0.1, -0.05) is 23.7 Å². The third kappa shape index (κ3) is 1.29. The lowest BCUT2D eigenvalue weighted by molar-refractivity contribution is -0.146. The van der Waals surface area contributed by atoms with Crippen LogP contribution in [0.3, 0.4) is 0 Å². The zero-order chi connectivity index (χ0) is 10.3. The van der Waals surface area contributed by atoms with E-state index >= 15 is 0 Å². The van der Waals surface area contributed by atoms with Gasteiger partial charge in [0.2, 0.25) is 5.91 Å². The molecule has 0 spiro atoms. The van der Waals surface area contributed by atoms with Crippen molar-refractivity contribution in [2.24, 2.45) is 5.73 Å². The summed E-state index contributed by atoms with van der Waals surface area (Å²) in [6, 6.07) is 7.01. The fraction of sp³-hybridized carbons (Fsp3) is 0.300. The second-order valence-electron chi connectivity index (χ2n) is 3.47. The molecule has 0 aliphatic carbocycles. The van der Waals surface area contributed by atoms with E-state index in [-0.39, 0.29) is 11.9 Å². The van der Waals surface area contributed by atoms with Crippen molar-refractivity contribution in [1.82, 2.24) is 4.90 Å². The van der Waals surface area contributed by atoms with Crippen LogP contribution in [0.25, 0.3) is 0 Å². The van der Waals surface area contributed by atoms with E-state index in [9.17, 15) is 4.79 Å². The van der Waals surface area contributed by atoms with Crippen molar-refractivity contribution in [3.8, 4) is 0 Å². The van der Waals surface area contributed by atoms with Crippen LogP contribution in [-0.4, -0.2) is 23.9 Å². The van der Waals surface area contributed by atoms with Crippen molar-refractivity contribution in [2.75, 3.05) is 7.05 Å². The Morgan fingerprint density at radius 3 is 2.43 bits per heavy atom. The molecule has 2 atom stereocenters. The van der Waals surface area contributed by atoms with Gasteiger partial charge in [-0.2, -0.15) is 0 Å². The number of β-lactam (4-membered cyclic amide) rings is 1. The van der Waals surface area contributed by atoms with Gasteiger partial charge in [0, 0.05) is 12.1 Å². The quantitative estimate of drug-likeness (QED) is 0.708. The maximum absolute atomic E-state index is 11.2. The molecule has 1 fully saturated rings. The van der Waals surface area contributed by atoms with Gasteiger partial charge in [-0.25, -0.2) is 0 Å². The van der Waals surface area contributed by atoms with E-state index in [0.29, 0.717) is 5.02 Å². The maximum Gasteiger partial charge on any atom is 0.242 e. The fourth-order valence-electron chi connectivity index (χ4n) is 1.76. The molecule has 1 aliphatic heterocycles. The Balaban J connectivity index is 2.24. The Morgan fingerprint density at radius 2 is 1.93 bits per heavy atom. The van der Waals surface area contributed by atoms with E-state index in [1.165, 1.54) is 0 Å². The van der Waals surface area contributed by atoms with Crippen molar-refractivity contribution < 1.29 is 4.79 Å². The van der Waals surface area contributed by atoms with Crippen LogP contribution in [0.5, 0.6) is 0 Å². The number of hydrogen-bond donors (Lipinski definition) is 1. The van der Waals surface area contributed by atoms with Crippen LogP contribution in [0, 0.1) is 0 Å². The number of likely N-dealkylation sites (tertiary alicyclic amines) is 1. The van der Waals surface area contributed by atoms with Crippen molar-refractivity contribution in [3.05, 3.63) is 34.9 Å². The predicted octanol–water partition coefficient (Wildman–Crippen LogP) is 1.18. The minimum atomic E-state index is -0.402. The summed E-state index contributed by atoms with van der Waals surface area (Å²) in [5.41, 5.74) is 6.73. The van der Waals surface area contributed by atoms with E-state index < -0.39 is 6.04 Å². The summed E-state index contributed by atoms with van der Waals surface area (Å²) in [5.74, 6) is -0.00931. The number of benzene rings is 1. The van der Waals surface area contributed by atoms with Crippen molar-refractivity contribution >= 4 is 17.5 Å². The largest absolute Gasteiger partial charge is 0.335 e. The summed E-state index contributed by atoms with van der Waals surface area (Å²) in [7, 11) is 1.75. The number of carbonyl (C=O) groups excluding carboxylic acids is 1. The molecule has 14 heavy (non-hydrogen) atoms. The third-order valence-electron chi connectivity index (χ3n) is 2.60. The van der Waals surface area contributed by atoms with Crippen molar-refractivity contribution in [1.29, 1.82) is 0 Å². The lowest BCUT2D eigenvalue weighted by atomic mass is 9.90. The summed E-state index contributed by atoms with van der Waals surface area (Å²) in [6.07, 6.45) is 0. The number of hydrogen-bond acceptors (Lipinski definition) is 2. The van der Waals surface area contributed by atoms with Gasteiger partial charge in [0.15, 0.2) is 0 Å². The molecule has 2 N–H and O–H groups in total. The fourth-order valence-corrected chi connectivity index (χ4v) is 1.88. The summed E-state index contributed by atoms with van der Waals surface area (Å²) in [5, 5.41) is 0.690. The molecule has 74 valence electrons. The standard InChI is InChI=1S/C10H11ClN2O/c1-13-9(8(12)10(13)14)6-2-4-7(11)5-3-6/h2-5,8-9H,12H2,1H3/t8-,9+/m0/s1. The SMILES string of the molecule is CN1C(=O)[C@@H](N)[C@H]1c1ccc(Cl)cc1. The zero-order valence-electron chi connectivity index (χ0n) is 7.77. The van der Waals surface area contributed by atoms with Gasteiger partial charge >= 0.3 is 0 Å². The first-order valence-electron chi connectivity index (χ1n) is 4.39. The van der Waals surface area contributed by atoms with Crippen LogP contribution < -0.4 is 5.73 Å². The Bertz CT molecular complexity index is 351. The number of amides is 1. The van der Waals surface area contributed by atoms with Gasteiger partial charge in [0.25, 0.3) is 0 Å². The topological polar surface area (TPSA) is 46.3 Å². The van der Waals surface area contributed by atoms with Crippen molar-refractivity contribution in [2.45, 2.75) is 12.1 Å². The van der Waals surface area contributed by atoms with Crippen LogP contribution >= 0.6 is 11.6 Å². The summed E-state index contributed by atoms with van der Waals surface area (Å²) in [4.78, 5) is 12.8. The van der Waals surface area contributed by atoms with Crippen molar-refractivity contribution in [3.63, 3.8) is 0 Å². The Morgan fingerprint density at radius 1 is 1.36 bits per heavy atom. The molecule has 0 radical (unpaired) electrons. The third-order valence-corrected chi connectivity index (χ3v) is 2.85. The van der Waals surface area contributed by atoms with E-state index in [2.05, 4.69) is 0 Å². The molecule has 0 saturated carbocycles. The first-order valence-corrected chi connectivity index (χ1v) is 4.77. The van der Waals surface area contributed by atoms with Gasteiger partial charge < -0.3 is 10.6 Å². The second-order valence-corrected chi connectivity index (χ2v) is 3.91. The molecular weight excluding hydrogens is 200 g/mol. The highest BCUT2D eigenvalue weighted by atomic mass is 35.5. The molecule has 0 bridgehead atoms. The lowest BCUT2D eigenvalue weighted by Crippen LogP contribution is -2.61. The highest BCUT2D eigenvalue weighted by molar-refractivity contribution is 6.30. The molecule has 1 heterocycles. The molecule has 0 unspecified atom stereocenters. The number of likely N-dealkylation sites (N-methyl/N-ethyl adjacent to an activating group) is 1. The first kappa shape index (κ1) is 9.49. The Labute approximate surface area is 87.4 Å². The highest BCUT2D eigenvalue weighted by Gasteiger charge is 2.42. The number of carbonyl (C=O) groups is 1. The highest BCUT2D eigenvalue weighted by Crippen LogP contribution is 2.32. The molecule has 1 aliphatic rings. The Kier molecular flexibility index (Phi) is 2.21. The number of rotatable bonds is 1. The number of nitrogens with zero attached hydrogens (tertiary/aromatic N) is 1. The molecule has 0 aromatic heterocycles. The van der Waals surface area contributed by atoms with Gasteiger partial charge in [0.05, 0.1) is 6.04 Å². The van der Waals surface area contributed by atoms with Gasteiger partial charge in [-0.05, 0) is 17.7 Å². The molecule has 1 saturated heterocycles. The average Bonchev–Trinajstić information content (AvgIpc) is 2.21. The van der Waals surface area contributed by atoms with E-state index in [0.717, 1.165) is 5.56 Å². The monoisotopic (exact) mass is 210 g/mol. The molecule has 1 amide bonds. The minimum absolute atomic E-state index is 0.000216. The van der Waals surface area contributed by atoms with Crippen LogP contribution in [-0.2, 0) is 4.79 Å². The van der Waals surface area contributed by atoms with Crippen LogP contribution in [0.2, 0.25) is 5.02 Å². The molecule has 4 heteroatoms. The lowest BCUT2D eigenvalue weighted by Gasteiger charge is -2.43. The predicted molar refractivity (Wildman–Crippen MR) is 54.9 cm³/mol. The zero-order valence-corrected chi connectivity index (χ0v) is 8.53.